The van der Waals surface area contributed by atoms with Gasteiger partial charge in [0.25, 0.3) is 17.5 Å². The number of ether oxygens (including phenoxy) is 4. The smallest absolute Gasteiger partial charge is 0.271 e. The van der Waals surface area contributed by atoms with Gasteiger partial charge in [-0.05, 0) is 85.1 Å². The van der Waals surface area contributed by atoms with E-state index < -0.39 is 16.7 Å². The zero-order chi connectivity index (χ0) is 37.3. The van der Waals surface area contributed by atoms with Gasteiger partial charge in [-0.15, -0.1) is 0 Å². The van der Waals surface area contributed by atoms with Crippen molar-refractivity contribution in [1.82, 2.24) is 4.90 Å². The number of methoxy groups -OCH3 is 3. The van der Waals surface area contributed by atoms with Crippen molar-refractivity contribution in [1.29, 1.82) is 0 Å². The Labute approximate surface area is 307 Å². The van der Waals surface area contributed by atoms with E-state index in [0.717, 1.165) is 38.2 Å². The fourth-order valence-electron chi connectivity index (χ4n) is 6.21. The molecule has 1 N–H and O–H groups in total. The molecule has 53 heavy (non-hydrogen) atoms. The van der Waals surface area contributed by atoms with Crippen LogP contribution in [0.2, 0.25) is 0 Å². The summed E-state index contributed by atoms with van der Waals surface area (Å²) in [6, 6.07) is 32.6. The number of nitro groups is 1. The molecule has 0 bridgehead atoms. The van der Waals surface area contributed by atoms with Gasteiger partial charge in [-0.25, -0.2) is 0 Å². The number of benzene rings is 5. The standard InChI is InChI=1S/C41H40N4O8/c1-50-32-14-9-28(10-15-32)27-43-23-21-34(22-24-43)53-39-26-35(52-3)18-20-37(39)40(46)42-38-25-31(45(48)49)13-19-36(38)41(47)44(29-7-5-4-6-8-29)30-11-16-33(51-2)17-12-30/h4-20,25-26,34H,21-24,27H2,1-3H3,(H,42,46). The first kappa shape index (κ1) is 36.4. The molecule has 1 fully saturated rings. The first-order valence-electron chi connectivity index (χ1n) is 17.1. The Morgan fingerprint density at radius 3 is 1.96 bits per heavy atom. The number of non-ortho nitro benzene ring substituents is 1. The zero-order valence-corrected chi connectivity index (χ0v) is 29.7. The van der Waals surface area contributed by atoms with Gasteiger partial charge in [0.2, 0.25) is 0 Å². The molecule has 0 unspecified atom stereocenters. The molecular formula is C41H40N4O8. The predicted octanol–water partition coefficient (Wildman–Crippen LogP) is 7.89. The minimum Gasteiger partial charge on any atom is -0.497 e. The highest BCUT2D eigenvalue weighted by molar-refractivity contribution is 6.16. The van der Waals surface area contributed by atoms with Gasteiger partial charge in [-0.2, -0.15) is 0 Å². The Balaban J connectivity index is 1.25. The zero-order valence-electron chi connectivity index (χ0n) is 29.7. The third-order valence-corrected chi connectivity index (χ3v) is 9.07. The number of hydrogen-bond donors (Lipinski definition) is 1. The van der Waals surface area contributed by atoms with E-state index in [-0.39, 0.29) is 28.6 Å². The molecule has 0 radical (unpaired) electrons. The summed E-state index contributed by atoms with van der Waals surface area (Å²) in [4.78, 5) is 43.6. The number of hydrogen-bond acceptors (Lipinski definition) is 9. The molecule has 1 aliphatic heterocycles. The Morgan fingerprint density at radius 1 is 0.755 bits per heavy atom. The van der Waals surface area contributed by atoms with Crippen molar-refractivity contribution >= 4 is 34.6 Å². The average molecular weight is 717 g/mol. The highest BCUT2D eigenvalue weighted by atomic mass is 16.6. The Hall–Kier alpha value is -6.40. The van der Waals surface area contributed by atoms with E-state index in [0.29, 0.717) is 28.6 Å². The van der Waals surface area contributed by atoms with Gasteiger partial charge in [0.1, 0.15) is 29.1 Å². The first-order valence-corrected chi connectivity index (χ1v) is 17.1. The molecule has 0 saturated carbocycles. The number of nitrogens with zero attached hydrogens (tertiary/aromatic N) is 3. The molecule has 6 rings (SSSR count). The lowest BCUT2D eigenvalue weighted by molar-refractivity contribution is -0.384. The Morgan fingerprint density at radius 2 is 1.34 bits per heavy atom. The van der Waals surface area contributed by atoms with Crippen molar-refractivity contribution in [3.05, 3.63) is 142 Å². The predicted molar refractivity (Wildman–Crippen MR) is 202 cm³/mol. The van der Waals surface area contributed by atoms with E-state index in [2.05, 4.69) is 22.3 Å². The van der Waals surface area contributed by atoms with Crippen molar-refractivity contribution in [3.63, 3.8) is 0 Å². The fraction of sp³-hybridized carbons (Fsp3) is 0.220. The van der Waals surface area contributed by atoms with Crippen LogP contribution < -0.4 is 29.2 Å². The molecule has 1 aliphatic rings. The largest absolute Gasteiger partial charge is 0.497 e. The van der Waals surface area contributed by atoms with Crippen LogP contribution in [0.1, 0.15) is 39.1 Å². The lowest BCUT2D eigenvalue weighted by Crippen LogP contribution is -2.38. The molecule has 5 aromatic carbocycles. The van der Waals surface area contributed by atoms with E-state index in [1.54, 1.807) is 80.9 Å². The number of amides is 2. The summed E-state index contributed by atoms with van der Waals surface area (Å²) < 4.78 is 22.5. The van der Waals surface area contributed by atoms with Gasteiger partial charge < -0.3 is 24.3 Å². The number of rotatable bonds is 13. The van der Waals surface area contributed by atoms with E-state index in [1.165, 1.54) is 35.8 Å². The Kier molecular flexibility index (Phi) is 11.5. The summed E-state index contributed by atoms with van der Waals surface area (Å²) in [5.74, 6) is 1.10. The molecule has 0 atom stereocenters. The third kappa shape index (κ3) is 8.74. The molecule has 0 aromatic heterocycles. The molecule has 1 saturated heterocycles. The van der Waals surface area contributed by atoms with Crippen LogP contribution >= 0.6 is 0 Å². The molecule has 12 heteroatoms. The van der Waals surface area contributed by atoms with Crippen LogP contribution in [0.5, 0.6) is 23.0 Å². The highest BCUT2D eigenvalue weighted by Gasteiger charge is 2.27. The number of para-hydroxylation sites is 1. The SMILES string of the molecule is COc1ccc(CN2CCC(Oc3cc(OC)ccc3C(=O)Nc3cc([N+](=O)[O-])ccc3C(=O)N(c3ccccc3)c3ccc(OC)cc3)CC2)cc1. The minimum absolute atomic E-state index is 0.0303. The molecule has 2 amide bonds. The van der Waals surface area contributed by atoms with E-state index in [1.807, 2.05) is 18.2 Å². The van der Waals surface area contributed by atoms with Gasteiger partial charge >= 0.3 is 0 Å². The van der Waals surface area contributed by atoms with Gasteiger partial charge in [0.15, 0.2) is 0 Å². The number of likely N-dealkylation sites (tertiary alicyclic amines) is 1. The van der Waals surface area contributed by atoms with Crippen LogP contribution in [0.4, 0.5) is 22.7 Å². The number of anilines is 3. The third-order valence-electron chi connectivity index (χ3n) is 9.07. The molecule has 12 nitrogen and oxygen atoms in total. The second-order valence-electron chi connectivity index (χ2n) is 12.4. The topological polar surface area (TPSA) is 133 Å². The number of nitrogens with one attached hydrogen (secondary N) is 1. The molecule has 1 heterocycles. The maximum atomic E-state index is 14.4. The van der Waals surface area contributed by atoms with Crippen LogP contribution in [0, 0.1) is 10.1 Å². The summed E-state index contributed by atoms with van der Waals surface area (Å²) in [6.45, 7) is 2.40. The molecule has 272 valence electrons. The summed E-state index contributed by atoms with van der Waals surface area (Å²) in [5.41, 5.74) is 2.18. The summed E-state index contributed by atoms with van der Waals surface area (Å²) in [5, 5.41) is 14.7. The van der Waals surface area contributed by atoms with Crippen molar-refractivity contribution in [2.75, 3.05) is 44.6 Å². The fourth-order valence-corrected chi connectivity index (χ4v) is 6.21. The molecule has 5 aromatic rings. The highest BCUT2D eigenvalue weighted by Crippen LogP contribution is 2.34. The van der Waals surface area contributed by atoms with Crippen molar-refractivity contribution in [2.45, 2.75) is 25.5 Å². The number of nitro benzene ring substituents is 1. The number of carbonyl (C=O) groups excluding carboxylic acids is 2. The monoisotopic (exact) mass is 716 g/mol. The van der Waals surface area contributed by atoms with E-state index in [9.17, 15) is 19.7 Å². The van der Waals surface area contributed by atoms with Crippen molar-refractivity contribution in [2.24, 2.45) is 0 Å². The minimum atomic E-state index is -0.607. The second kappa shape index (κ2) is 16.7. The van der Waals surface area contributed by atoms with Gasteiger partial charge in [0.05, 0.1) is 43.1 Å². The number of carbonyl (C=O) groups is 2. The van der Waals surface area contributed by atoms with Crippen LogP contribution in [0.3, 0.4) is 0 Å². The van der Waals surface area contributed by atoms with Crippen LogP contribution in [0.25, 0.3) is 0 Å². The normalized spacial score (nSPS) is 13.1. The van der Waals surface area contributed by atoms with Gasteiger partial charge in [-0.3, -0.25) is 29.5 Å². The van der Waals surface area contributed by atoms with Gasteiger partial charge in [-0.1, -0.05) is 30.3 Å². The number of piperidine rings is 1. The van der Waals surface area contributed by atoms with Crippen LogP contribution in [-0.2, 0) is 6.54 Å². The molecular weight excluding hydrogens is 676 g/mol. The van der Waals surface area contributed by atoms with E-state index >= 15 is 0 Å². The van der Waals surface area contributed by atoms with Crippen molar-refractivity contribution in [3.8, 4) is 23.0 Å². The lowest BCUT2D eigenvalue weighted by atomic mass is 10.1. The maximum absolute atomic E-state index is 14.4. The van der Waals surface area contributed by atoms with Gasteiger partial charge in [0, 0.05) is 49.2 Å². The molecule has 0 aliphatic carbocycles. The molecule has 0 spiro atoms. The second-order valence-corrected chi connectivity index (χ2v) is 12.4. The quantitative estimate of drug-likeness (QED) is 0.0954. The summed E-state index contributed by atoms with van der Waals surface area (Å²) >= 11 is 0. The maximum Gasteiger partial charge on any atom is 0.271 e. The average Bonchev–Trinajstić information content (AvgIpc) is 3.19. The summed E-state index contributed by atoms with van der Waals surface area (Å²) in [6.07, 6.45) is 1.30. The van der Waals surface area contributed by atoms with Crippen LogP contribution in [0.15, 0.2) is 115 Å². The van der Waals surface area contributed by atoms with Crippen LogP contribution in [-0.4, -0.2) is 62.2 Å². The van der Waals surface area contributed by atoms with Crippen molar-refractivity contribution < 1.29 is 33.5 Å². The Bertz CT molecular complexity index is 2050. The lowest BCUT2D eigenvalue weighted by Gasteiger charge is -2.32. The van der Waals surface area contributed by atoms with E-state index in [4.69, 9.17) is 18.9 Å². The first-order chi connectivity index (χ1) is 25.8. The summed E-state index contributed by atoms with van der Waals surface area (Å²) in [7, 11) is 4.72.